The van der Waals surface area contributed by atoms with Crippen molar-refractivity contribution >= 4 is 34.2 Å². The number of nitrogens with one attached hydrogen (secondary N) is 1. The van der Waals surface area contributed by atoms with E-state index in [1.165, 1.54) is 14.2 Å². The van der Waals surface area contributed by atoms with Crippen LogP contribution in [0.4, 0.5) is 5.69 Å². The average molecular weight is 495 g/mol. The fourth-order valence-electron chi connectivity index (χ4n) is 4.06. The SMILES string of the molecule is CON(C)C(=O)c1nc(Cl)ccc1N[C@H](C)c1cc(C)cc2c(=O)c(C)c(-c3ccn(C)c3)oc12. The first-order valence-electron chi connectivity index (χ1n) is 11.1. The highest BCUT2D eigenvalue weighted by Gasteiger charge is 2.23. The first-order valence-corrected chi connectivity index (χ1v) is 11.4. The summed E-state index contributed by atoms with van der Waals surface area (Å²) in [5.74, 6) is 0.0819. The van der Waals surface area contributed by atoms with E-state index < -0.39 is 5.91 Å². The van der Waals surface area contributed by atoms with Gasteiger partial charge in [0.15, 0.2) is 11.1 Å². The number of fused-ring (bicyclic) bond motifs is 1. The summed E-state index contributed by atoms with van der Waals surface area (Å²) in [6, 6.07) is 8.68. The number of pyridine rings is 1. The quantitative estimate of drug-likeness (QED) is 0.290. The number of hydroxylamine groups is 2. The molecule has 4 rings (SSSR count). The highest BCUT2D eigenvalue weighted by Crippen LogP contribution is 2.33. The number of aryl methyl sites for hydroxylation is 2. The van der Waals surface area contributed by atoms with E-state index in [1.54, 1.807) is 19.1 Å². The molecule has 0 saturated carbocycles. The molecule has 3 heterocycles. The Labute approximate surface area is 208 Å². The van der Waals surface area contributed by atoms with Crippen molar-refractivity contribution in [2.24, 2.45) is 7.05 Å². The van der Waals surface area contributed by atoms with E-state index in [0.717, 1.165) is 21.8 Å². The van der Waals surface area contributed by atoms with Crippen LogP contribution in [-0.4, -0.2) is 34.7 Å². The van der Waals surface area contributed by atoms with E-state index >= 15 is 0 Å². The molecule has 1 atom stereocenters. The Morgan fingerprint density at radius 1 is 1.26 bits per heavy atom. The third-order valence-corrected chi connectivity index (χ3v) is 6.16. The number of amides is 1. The number of carbonyl (C=O) groups is 1. The van der Waals surface area contributed by atoms with Crippen molar-refractivity contribution in [2.45, 2.75) is 26.8 Å². The number of benzene rings is 1. The van der Waals surface area contributed by atoms with Gasteiger partial charge in [-0.3, -0.25) is 14.4 Å². The van der Waals surface area contributed by atoms with Crippen LogP contribution < -0.4 is 10.7 Å². The molecule has 0 bridgehead atoms. The molecule has 0 unspecified atom stereocenters. The van der Waals surface area contributed by atoms with Gasteiger partial charge in [-0.05, 0) is 50.6 Å². The maximum atomic E-state index is 13.3. The predicted molar refractivity (Wildman–Crippen MR) is 137 cm³/mol. The van der Waals surface area contributed by atoms with Crippen molar-refractivity contribution in [2.75, 3.05) is 19.5 Å². The van der Waals surface area contributed by atoms with Gasteiger partial charge in [-0.1, -0.05) is 17.7 Å². The van der Waals surface area contributed by atoms with Crippen LogP contribution in [0.5, 0.6) is 0 Å². The normalized spacial score (nSPS) is 12.1. The van der Waals surface area contributed by atoms with E-state index in [0.29, 0.717) is 28.0 Å². The Kier molecular flexibility index (Phi) is 6.69. The third kappa shape index (κ3) is 4.67. The molecule has 0 fully saturated rings. The van der Waals surface area contributed by atoms with Crippen LogP contribution in [0.25, 0.3) is 22.3 Å². The Morgan fingerprint density at radius 2 is 2.00 bits per heavy atom. The van der Waals surface area contributed by atoms with Gasteiger partial charge in [-0.25, -0.2) is 10.0 Å². The third-order valence-electron chi connectivity index (χ3n) is 5.95. The zero-order valence-corrected chi connectivity index (χ0v) is 21.2. The van der Waals surface area contributed by atoms with Gasteiger partial charge in [-0.15, -0.1) is 0 Å². The standard InChI is InChI=1S/C26H27ClN4O4/c1-14-11-18(16(3)28-20-7-8-21(27)29-22(20)26(33)31(5)34-6)25-19(12-14)23(32)15(2)24(35-25)17-9-10-30(4)13-17/h7-13,16,28H,1-6H3/t16-/m1/s1. The van der Waals surface area contributed by atoms with Crippen molar-refractivity contribution in [1.29, 1.82) is 0 Å². The summed E-state index contributed by atoms with van der Waals surface area (Å²) in [4.78, 5) is 35.4. The lowest BCUT2D eigenvalue weighted by molar-refractivity contribution is -0.0759. The second-order valence-electron chi connectivity index (χ2n) is 8.56. The van der Waals surface area contributed by atoms with Crippen LogP contribution in [0, 0.1) is 13.8 Å². The molecule has 0 aliphatic heterocycles. The number of nitrogens with zero attached hydrogens (tertiary/aromatic N) is 3. The van der Waals surface area contributed by atoms with E-state index in [4.69, 9.17) is 20.9 Å². The van der Waals surface area contributed by atoms with Gasteiger partial charge in [0.25, 0.3) is 5.91 Å². The molecule has 1 aromatic carbocycles. The highest BCUT2D eigenvalue weighted by molar-refractivity contribution is 6.29. The molecule has 3 aromatic heterocycles. The van der Waals surface area contributed by atoms with Gasteiger partial charge in [0.05, 0.1) is 24.2 Å². The number of halogens is 1. The summed E-state index contributed by atoms with van der Waals surface area (Å²) in [7, 11) is 4.80. The van der Waals surface area contributed by atoms with Gasteiger partial charge >= 0.3 is 0 Å². The van der Waals surface area contributed by atoms with Crippen molar-refractivity contribution in [1.82, 2.24) is 14.6 Å². The molecule has 182 valence electrons. The average Bonchev–Trinajstić information content (AvgIpc) is 3.27. The Morgan fingerprint density at radius 3 is 2.66 bits per heavy atom. The van der Waals surface area contributed by atoms with Gasteiger partial charge in [0.2, 0.25) is 0 Å². The number of carbonyl (C=O) groups excluding carboxylic acids is 1. The summed E-state index contributed by atoms with van der Waals surface area (Å²) in [5, 5.41) is 5.11. The molecule has 35 heavy (non-hydrogen) atoms. The van der Waals surface area contributed by atoms with Crippen molar-refractivity contribution in [3.8, 4) is 11.3 Å². The second-order valence-corrected chi connectivity index (χ2v) is 8.95. The molecule has 0 radical (unpaired) electrons. The Bertz CT molecular complexity index is 1490. The van der Waals surface area contributed by atoms with Crippen LogP contribution in [0.15, 0.2) is 51.9 Å². The fraction of sp³-hybridized carbons (Fsp3) is 0.269. The first kappa shape index (κ1) is 24.5. The number of aromatic nitrogens is 2. The summed E-state index contributed by atoms with van der Waals surface area (Å²) < 4.78 is 8.29. The number of hydrogen-bond acceptors (Lipinski definition) is 6. The number of rotatable bonds is 6. The monoisotopic (exact) mass is 494 g/mol. The van der Waals surface area contributed by atoms with Gasteiger partial charge in [-0.2, -0.15) is 0 Å². The fourth-order valence-corrected chi connectivity index (χ4v) is 4.21. The summed E-state index contributed by atoms with van der Waals surface area (Å²) in [5.41, 5.74) is 4.09. The zero-order chi connectivity index (χ0) is 25.4. The molecule has 0 aliphatic carbocycles. The smallest absolute Gasteiger partial charge is 0.297 e. The van der Waals surface area contributed by atoms with Crippen molar-refractivity contribution in [3.63, 3.8) is 0 Å². The van der Waals surface area contributed by atoms with Crippen LogP contribution >= 0.6 is 11.6 Å². The van der Waals surface area contributed by atoms with Gasteiger partial charge < -0.3 is 14.3 Å². The van der Waals surface area contributed by atoms with E-state index in [-0.39, 0.29) is 22.3 Å². The summed E-state index contributed by atoms with van der Waals surface area (Å²) >= 11 is 6.07. The summed E-state index contributed by atoms with van der Waals surface area (Å²) in [6.45, 7) is 5.64. The predicted octanol–water partition coefficient (Wildman–Crippen LogP) is 5.27. The molecule has 1 N–H and O–H groups in total. The van der Waals surface area contributed by atoms with Crippen LogP contribution in [0.3, 0.4) is 0 Å². The second kappa shape index (κ2) is 9.56. The van der Waals surface area contributed by atoms with Crippen LogP contribution in [-0.2, 0) is 11.9 Å². The van der Waals surface area contributed by atoms with Gasteiger partial charge in [0, 0.05) is 43.2 Å². The number of hydrogen-bond donors (Lipinski definition) is 1. The topological polar surface area (TPSA) is 89.6 Å². The van der Waals surface area contributed by atoms with Crippen LogP contribution in [0.1, 0.15) is 40.1 Å². The van der Waals surface area contributed by atoms with Crippen LogP contribution in [0.2, 0.25) is 5.15 Å². The van der Waals surface area contributed by atoms with Crippen molar-refractivity contribution < 1.29 is 14.0 Å². The van der Waals surface area contributed by atoms with E-state index in [1.807, 2.05) is 56.1 Å². The Balaban J connectivity index is 1.84. The molecule has 8 nitrogen and oxygen atoms in total. The van der Waals surface area contributed by atoms with E-state index in [2.05, 4.69) is 10.3 Å². The van der Waals surface area contributed by atoms with E-state index in [9.17, 15) is 9.59 Å². The lowest BCUT2D eigenvalue weighted by Gasteiger charge is -2.21. The largest absolute Gasteiger partial charge is 0.455 e. The molecule has 0 aliphatic rings. The molecule has 4 aromatic rings. The van der Waals surface area contributed by atoms with Gasteiger partial charge in [0.1, 0.15) is 16.5 Å². The molecular formula is C26H27ClN4O4. The minimum atomic E-state index is -0.452. The molecule has 0 saturated heterocycles. The minimum absolute atomic E-state index is 0.0759. The minimum Gasteiger partial charge on any atom is -0.455 e. The molecule has 1 amide bonds. The lowest BCUT2D eigenvalue weighted by Crippen LogP contribution is -2.27. The zero-order valence-electron chi connectivity index (χ0n) is 20.5. The maximum Gasteiger partial charge on any atom is 0.297 e. The first-order chi connectivity index (χ1) is 16.6. The molecular weight excluding hydrogens is 468 g/mol. The summed E-state index contributed by atoms with van der Waals surface area (Å²) in [6.07, 6.45) is 3.82. The lowest BCUT2D eigenvalue weighted by atomic mass is 9.99. The van der Waals surface area contributed by atoms with Crippen molar-refractivity contribution in [3.05, 3.63) is 80.5 Å². The molecule has 0 spiro atoms. The maximum absolute atomic E-state index is 13.3. The molecule has 9 heteroatoms. The Hall–Kier alpha value is -3.62. The number of anilines is 1. The highest BCUT2D eigenvalue weighted by atomic mass is 35.5.